The number of rotatable bonds is 6. The first kappa shape index (κ1) is 13.1. The zero-order chi connectivity index (χ0) is 13.9. The van der Waals surface area contributed by atoms with Crippen molar-refractivity contribution in [1.29, 1.82) is 0 Å². The summed E-state index contributed by atoms with van der Waals surface area (Å²) in [6.07, 6.45) is 3.55. The summed E-state index contributed by atoms with van der Waals surface area (Å²) in [5, 5.41) is 11.6. The predicted molar refractivity (Wildman–Crippen MR) is 78.7 cm³/mol. The van der Waals surface area contributed by atoms with Crippen molar-refractivity contribution in [2.24, 2.45) is 7.05 Å². The van der Waals surface area contributed by atoms with E-state index in [2.05, 4.69) is 15.7 Å². The Hall–Kier alpha value is -1.88. The molecular formula is C15H20N4O. The normalized spacial score (nSPS) is 14.7. The van der Waals surface area contributed by atoms with E-state index in [1.165, 1.54) is 12.8 Å². The van der Waals surface area contributed by atoms with Gasteiger partial charge in [0.25, 0.3) is 5.91 Å². The lowest BCUT2D eigenvalue weighted by Gasteiger charge is -2.04. The second-order valence-electron chi connectivity index (χ2n) is 5.33. The Morgan fingerprint density at radius 3 is 2.95 bits per heavy atom. The molecular weight excluding hydrogens is 252 g/mol. The fraction of sp³-hybridized carbons (Fsp3) is 0.467. The van der Waals surface area contributed by atoms with Gasteiger partial charge in [0.05, 0.1) is 5.52 Å². The van der Waals surface area contributed by atoms with E-state index >= 15 is 0 Å². The fourth-order valence-electron chi connectivity index (χ4n) is 2.35. The number of nitrogens with one attached hydrogen (secondary N) is 2. The molecule has 106 valence electrons. The molecule has 1 aromatic heterocycles. The summed E-state index contributed by atoms with van der Waals surface area (Å²) in [6.45, 7) is 1.65. The molecule has 1 fully saturated rings. The molecule has 2 aromatic rings. The van der Waals surface area contributed by atoms with Crippen LogP contribution in [0.5, 0.6) is 0 Å². The third-order valence-corrected chi connectivity index (χ3v) is 3.62. The Kier molecular flexibility index (Phi) is 3.69. The highest BCUT2D eigenvalue weighted by Crippen LogP contribution is 2.18. The topological polar surface area (TPSA) is 59.0 Å². The Morgan fingerprint density at radius 1 is 1.35 bits per heavy atom. The molecule has 20 heavy (non-hydrogen) atoms. The van der Waals surface area contributed by atoms with Crippen LogP contribution in [0.3, 0.4) is 0 Å². The van der Waals surface area contributed by atoms with Crippen molar-refractivity contribution in [2.75, 3.05) is 13.1 Å². The van der Waals surface area contributed by atoms with Crippen LogP contribution in [-0.4, -0.2) is 34.8 Å². The van der Waals surface area contributed by atoms with Crippen LogP contribution in [-0.2, 0) is 7.05 Å². The fourth-order valence-corrected chi connectivity index (χ4v) is 2.35. The van der Waals surface area contributed by atoms with Crippen LogP contribution in [0, 0.1) is 0 Å². The van der Waals surface area contributed by atoms with E-state index in [4.69, 9.17) is 0 Å². The average Bonchev–Trinajstić information content (AvgIpc) is 3.22. The van der Waals surface area contributed by atoms with Gasteiger partial charge in [0.1, 0.15) is 0 Å². The Labute approximate surface area is 118 Å². The minimum Gasteiger partial charge on any atom is -0.351 e. The molecule has 1 aromatic carbocycles. The van der Waals surface area contributed by atoms with E-state index in [0.717, 1.165) is 29.9 Å². The molecule has 1 amide bonds. The maximum atomic E-state index is 12.2. The zero-order valence-corrected chi connectivity index (χ0v) is 11.7. The Balaban J connectivity index is 1.57. The Morgan fingerprint density at radius 2 is 2.15 bits per heavy atom. The molecule has 1 heterocycles. The number of hydrogen-bond donors (Lipinski definition) is 2. The summed E-state index contributed by atoms with van der Waals surface area (Å²) >= 11 is 0. The molecule has 1 aliphatic carbocycles. The van der Waals surface area contributed by atoms with E-state index in [1.54, 1.807) is 4.68 Å². The average molecular weight is 272 g/mol. The van der Waals surface area contributed by atoms with Crippen molar-refractivity contribution in [1.82, 2.24) is 20.4 Å². The van der Waals surface area contributed by atoms with Gasteiger partial charge in [-0.3, -0.25) is 9.48 Å². The van der Waals surface area contributed by atoms with Gasteiger partial charge in [-0.25, -0.2) is 0 Å². The minimum atomic E-state index is -0.0896. The molecule has 0 spiro atoms. The molecule has 5 nitrogen and oxygen atoms in total. The highest BCUT2D eigenvalue weighted by atomic mass is 16.1. The summed E-state index contributed by atoms with van der Waals surface area (Å²) in [5.74, 6) is -0.0896. The van der Waals surface area contributed by atoms with Gasteiger partial charge in [-0.2, -0.15) is 5.10 Å². The van der Waals surface area contributed by atoms with Crippen molar-refractivity contribution in [2.45, 2.75) is 25.3 Å². The number of carbonyl (C=O) groups excluding carboxylic acids is 1. The van der Waals surface area contributed by atoms with Crippen LogP contribution in [0.4, 0.5) is 0 Å². The third kappa shape index (κ3) is 2.82. The molecule has 0 radical (unpaired) electrons. The second-order valence-corrected chi connectivity index (χ2v) is 5.33. The van der Waals surface area contributed by atoms with Gasteiger partial charge < -0.3 is 10.6 Å². The number of aromatic nitrogens is 2. The van der Waals surface area contributed by atoms with Gasteiger partial charge in [0, 0.05) is 25.0 Å². The largest absolute Gasteiger partial charge is 0.351 e. The summed E-state index contributed by atoms with van der Waals surface area (Å²) in [6, 6.07) is 8.52. The first-order valence-corrected chi connectivity index (χ1v) is 7.19. The molecule has 0 saturated heterocycles. The molecule has 0 bridgehead atoms. The van der Waals surface area contributed by atoms with Crippen molar-refractivity contribution < 1.29 is 4.79 Å². The van der Waals surface area contributed by atoms with E-state index < -0.39 is 0 Å². The van der Waals surface area contributed by atoms with Crippen LogP contribution < -0.4 is 10.6 Å². The van der Waals surface area contributed by atoms with Crippen LogP contribution in [0.2, 0.25) is 0 Å². The summed E-state index contributed by atoms with van der Waals surface area (Å²) < 4.78 is 1.75. The summed E-state index contributed by atoms with van der Waals surface area (Å²) in [7, 11) is 1.86. The van der Waals surface area contributed by atoms with Crippen LogP contribution in [0.25, 0.3) is 10.9 Å². The number of aryl methyl sites for hydroxylation is 1. The van der Waals surface area contributed by atoms with Gasteiger partial charge in [0.2, 0.25) is 0 Å². The van der Waals surface area contributed by atoms with E-state index in [-0.39, 0.29) is 5.91 Å². The number of carbonyl (C=O) groups is 1. The number of amides is 1. The van der Waals surface area contributed by atoms with Gasteiger partial charge in [-0.05, 0) is 31.9 Å². The summed E-state index contributed by atoms with van der Waals surface area (Å²) in [4.78, 5) is 12.2. The number of hydrogen-bond acceptors (Lipinski definition) is 3. The van der Waals surface area contributed by atoms with E-state index in [1.807, 2.05) is 31.3 Å². The standard InChI is InChI=1S/C15H20N4O/c1-19-13-6-3-2-5-12(13)14(18-19)15(20)17-10-4-9-16-11-7-8-11/h2-3,5-6,11,16H,4,7-10H2,1H3,(H,17,20). The Bertz CT molecular complexity index is 615. The molecule has 1 aliphatic rings. The van der Waals surface area contributed by atoms with Crippen molar-refractivity contribution >= 4 is 16.8 Å². The van der Waals surface area contributed by atoms with Crippen molar-refractivity contribution in [3.63, 3.8) is 0 Å². The van der Waals surface area contributed by atoms with Gasteiger partial charge in [-0.15, -0.1) is 0 Å². The highest BCUT2D eigenvalue weighted by Gasteiger charge is 2.19. The lowest BCUT2D eigenvalue weighted by Crippen LogP contribution is -2.28. The molecule has 0 unspecified atom stereocenters. The highest BCUT2D eigenvalue weighted by molar-refractivity contribution is 6.04. The molecule has 5 heteroatoms. The van der Waals surface area contributed by atoms with Crippen molar-refractivity contribution in [3.05, 3.63) is 30.0 Å². The number of benzene rings is 1. The number of nitrogens with zero attached hydrogens (tertiary/aromatic N) is 2. The van der Waals surface area contributed by atoms with Gasteiger partial charge in [0.15, 0.2) is 5.69 Å². The minimum absolute atomic E-state index is 0.0896. The smallest absolute Gasteiger partial charge is 0.272 e. The first-order chi connectivity index (χ1) is 9.75. The van der Waals surface area contributed by atoms with Gasteiger partial charge in [-0.1, -0.05) is 18.2 Å². The van der Waals surface area contributed by atoms with E-state index in [0.29, 0.717) is 12.2 Å². The predicted octanol–water partition coefficient (Wildman–Crippen LogP) is 1.45. The van der Waals surface area contributed by atoms with Crippen LogP contribution >= 0.6 is 0 Å². The SMILES string of the molecule is Cn1nc(C(=O)NCCCNC2CC2)c2ccccc21. The third-order valence-electron chi connectivity index (χ3n) is 3.62. The van der Waals surface area contributed by atoms with Gasteiger partial charge >= 0.3 is 0 Å². The lowest BCUT2D eigenvalue weighted by atomic mass is 10.2. The molecule has 3 rings (SSSR count). The molecule has 1 saturated carbocycles. The molecule has 0 atom stereocenters. The lowest BCUT2D eigenvalue weighted by molar-refractivity contribution is 0.0949. The number of para-hydroxylation sites is 1. The van der Waals surface area contributed by atoms with Crippen LogP contribution in [0.1, 0.15) is 29.8 Å². The monoisotopic (exact) mass is 272 g/mol. The zero-order valence-electron chi connectivity index (χ0n) is 11.7. The van der Waals surface area contributed by atoms with E-state index in [9.17, 15) is 4.79 Å². The first-order valence-electron chi connectivity index (χ1n) is 7.19. The molecule has 2 N–H and O–H groups in total. The summed E-state index contributed by atoms with van der Waals surface area (Å²) in [5.41, 5.74) is 1.49. The molecule has 0 aliphatic heterocycles. The van der Waals surface area contributed by atoms with Crippen LogP contribution in [0.15, 0.2) is 24.3 Å². The number of fused-ring (bicyclic) bond motifs is 1. The maximum absolute atomic E-state index is 12.2. The maximum Gasteiger partial charge on any atom is 0.272 e. The quantitative estimate of drug-likeness (QED) is 0.782. The second kappa shape index (κ2) is 5.63. The van der Waals surface area contributed by atoms with Crippen molar-refractivity contribution in [3.8, 4) is 0 Å².